The summed E-state index contributed by atoms with van der Waals surface area (Å²) in [5.74, 6) is 0. The summed E-state index contributed by atoms with van der Waals surface area (Å²) in [5, 5.41) is 10.5. The molecule has 1 atom stereocenters. The Bertz CT molecular complexity index is 221. The van der Waals surface area contributed by atoms with Gasteiger partial charge in [-0.2, -0.15) is 0 Å². The minimum absolute atomic E-state index is 0.341. The van der Waals surface area contributed by atoms with Crippen LogP contribution in [0.1, 0.15) is 59.8 Å². The first-order valence-electron chi connectivity index (χ1n) is 7.29. The predicted molar refractivity (Wildman–Crippen MR) is 73.7 cm³/mol. The van der Waals surface area contributed by atoms with E-state index in [1.54, 1.807) is 0 Å². The van der Waals surface area contributed by atoms with Gasteiger partial charge in [0, 0.05) is 32.7 Å². The molecule has 1 unspecified atom stereocenters. The van der Waals surface area contributed by atoms with E-state index in [9.17, 15) is 5.11 Å². The smallest absolute Gasteiger partial charge is 0.0983 e. The Morgan fingerprint density at radius 2 is 1.89 bits per heavy atom. The molecule has 1 rings (SSSR count). The lowest BCUT2D eigenvalue weighted by atomic mass is 9.83. The van der Waals surface area contributed by atoms with Gasteiger partial charge in [-0.25, -0.2) is 0 Å². The molecule has 1 aliphatic heterocycles. The molecule has 108 valence electrons. The van der Waals surface area contributed by atoms with Gasteiger partial charge in [0.1, 0.15) is 0 Å². The van der Waals surface area contributed by atoms with E-state index in [-0.39, 0.29) is 11.7 Å². The van der Waals surface area contributed by atoms with Crippen molar-refractivity contribution < 1.29 is 14.6 Å². The third kappa shape index (κ3) is 4.87. The molecule has 0 aromatic rings. The Balaban J connectivity index is 2.46. The van der Waals surface area contributed by atoms with Gasteiger partial charge in [-0.1, -0.05) is 27.2 Å². The van der Waals surface area contributed by atoms with Crippen molar-refractivity contribution in [1.29, 1.82) is 0 Å². The maximum absolute atomic E-state index is 10.5. The van der Waals surface area contributed by atoms with Crippen molar-refractivity contribution in [3.05, 3.63) is 0 Å². The van der Waals surface area contributed by atoms with Gasteiger partial charge < -0.3 is 14.6 Å². The summed E-state index contributed by atoms with van der Waals surface area (Å²) >= 11 is 0. The zero-order valence-electron chi connectivity index (χ0n) is 12.5. The molecule has 1 aliphatic rings. The van der Waals surface area contributed by atoms with Crippen LogP contribution in [0.3, 0.4) is 0 Å². The van der Waals surface area contributed by atoms with Crippen molar-refractivity contribution in [2.45, 2.75) is 71.5 Å². The average molecular weight is 258 g/mol. The van der Waals surface area contributed by atoms with E-state index < -0.39 is 0 Å². The minimum Gasteiger partial charge on any atom is -0.390 e. The summed E-state index contributed by atoms with van der Waals surface area (Å²) in [7, 11) is 0. The van der Waals surface area contributed by atoms with Crippen LogP contribution in [0.25, 0.3) is 0 Å². The molecule has 0 amide bonds. The van der Waals surface area contributed by atoms with Crippen LogP contribution in [-0.2, 0) is 9.47 Å². The van der Waals surface area contributed by atoms with Crippen LogP contribution in [0.2, 0.25) is 0 Å². The Hall–Kier alpha value is -0.120. The molecular weight excluding hydrogens is 228 g/mol. The first-order chi connectivity index (χ1) is 8.40. The maximum atomic E-state index is 10.5. The van der Waals surface area contributed by atoms with Crippen LogP contribution < -0.4 is 0 Å². The van der Waals surface area contributed by atoms with E-state index in [1.807, 2.05) is 6.92 Å². The van der Waals surface area contributed by atoms with E-state index >= 15 is 0 Å². The van der Waals surface area contributed by atoms with E-state index in [0.717, 1.165) is 32.1 Å². The Kier molecular flexibility index (Phi) is 6.09. The molecule has 1 fully saturated rings. The molecule has 0 spiro atoms. The molecule has 3 nitrogen and oxygen atoms in total. The van der Waals surface area contributed by atoms with Crippen LogP contribution in [0.4, 0.5) is 0 Å². The highest BCUT2D eigenvalue weighted by molar-refractivity contribution is 4.90. The topological polar surface area (TPSA) is 38.7 Å². The lowest BCUT2D eigenvalue weighted by Crippen LogP contribution is -2.49. The zero-order valence-corrected chi connectivity index (χ0v) is 12.5. The van der Waals surface area contributed by atoms with Crippen molar-refractivity contribution >= 4 is 0 Å². The standard InChI is InChI=1S/C15H30O3/c1-5-18-15(9-11-17-12-10-15)13(16)7-6-8-14(2,3)4/h13,16H,5-12H2,1-4H3. The summed E-state index contributed by atoms with van der Waals surface area (Å²) in [6.45, 7) is 10.8. The van der Waals surface area contributed by atoms with Crippen molar-refractivity contribution in [2.24, 2.45) is 5.41 Å². The lowest BCUT2D eigenvalue weighted by Gasteiger charge is -2.41. The quantitative estimate of drug-likeness (QED) is 0.795. The minimum atomic E-state index is -0.358. The molecule has 18 heavy (non-hydrogen) atoms. The summed E-state index contributed by atoms with van der Waals surface area (Å²) in [6.07, 6.45) is 4.30. The van der Waals surface area contributed by atoms with Crippen molar-refractivity contribution in [3.63, 3.8) is 0 Å². The average Bonchev–Trinajstić information content (AvgIpc) is 2.29. The molecule has 0 saturated carbocycles. The number of aliphatic hydroxyl groups is 1. The van der Waals surface area contributed by atoms with E-state index in [1.165, 1.54) is 0 Å². The number of ether oxygens (including phenoxy) is 2. The molecule has 0 aromatic carbocycles. The zero-order chi connectivity index (χ0) is 13.6. The van der Waals surface area contributed by atoms with Gasteiger partial charge in [0.25, 0.3) is 0 Å². The fourth-order valence-electron chi connectivity index (χ4n) is 2.67. The highest BCUT2D eigenvalue weighted by Gasteiger charge is 2.40. The second-order valence-electron chi connectivity index (χ2n) is 6.58. The van der Waals surface area contributed by atoms with Gasteiger partial charge in [-0.15, -0.1) is 0 Å². The Morgan fingerprint density at radius 3 is 2.39 bits per heavy atom. The fraction of sp³-hybridized carbons (Fsp3) is 1.00. The monoisotopic (exact) mass is 258 g/mol. The largest absolute Gasteiger partial charge is 0.390 e. The highest BCUT2D eigenvalue weighted by Crippen LogP contribution is 2.32. The molecule has 1 saturated heterocycles. The highest BCUT2D eigenvalue weighted by atomic mass is 16.5. The van der Waals surface area contributed by atoms with Crippen LogP contribution >= 0.6 is 0 Å². The van der Waals surface area contributed by atoms with E-state index in [0.29, 0.717) is 25.2 Å². The number of rotatable bonds is 6. The Labute approximate surface area is 112 Å². The molecule has 3 heteroatoms. The number of hydrogen-bond donors (Lipinski definition) is 1. The van der Waals surface area contributed by atoms with Crippen LogP contribution in [-0.4, -0.2) is 36.6 Å². The second-order valence-corrected chi connectivity index (χ2v) is 6.58. The normalized spacial score (nSPS) is 21.8. The predicted octanol–water partition coefficient (Wildman–Crippen LogP) is 3.15. The molecule has 0 aromatic heterocycles. The fourth-order valence-corrected chi connectivity index (χ4v) is 2.67. The Morgan fingerprint density at radius 1 is 1.28 bits per heavy atom. The molecule has 0 aliphatic carbocycles. The van der Waals surface area contributed by atoms with Crippen LogP contribution in [0.15, 0.2) is 0 Å². The van der Waals surface area contributed by atoms with E-state index in [4.69, 9.17) is 9.47 Å². The number of aliphatic hydroxyl groups excluding tert-OH is 1. The molecule has 1 N–H and O–H groups in total. The lowest BCUT2D eigenvalue weighted by molar-refractivity contribution is -0.167. The molecule has 0 radical (unpaired) electrons. The van der Waals surface area contributed by atoms with Crippen LogP contribution in [0.5, 0.6) is 0 Å². The SMILES string of the molecule is CCOC1(C(O)CCCC(C)(C)C)CCOCC1. The first-order valence-corrected chi connectivity index (χ1v) is 7.29. The molecule has 1 heterocycles. The van der Waals surface area contributed by atoms with Gasteiger partial charge in [0.2, 0.25) is 0 Å². The summed E-state index contributed by atoms with van der Waals surface area (Å²) < 4.78 is 11.3. The van der Waals surface area contributed by atoms with Gasteiger partial charge >= 0.3 is 0 Å². The van der Waals surface area contributed by atoms with Crippen molar-refractivity contribution in [2.75, 3.05) is 19.8 Å². The number of hydrogen-bond acceptors (Lipinski definition) is 3. The van der Waals surface area contributed by atoms with Crippen molar-refractivity contribution in [3.8, 4) is 0 Å². The van der Waals surface area contributed by atoms with Gasteiger partial charge in [0.05, 0.1) is 11.7 Å². The van der Waals surface area contributed by atoms with Crippen LogP contribution in [0, 0.1) is 5.41 Å². The third-order valence-electron chi connectivity index (χ3n) is 3.78. The molecular formula is C15H30O3. The van der Waals surface area contributed by atoms with Crippen molar-refractivity contribution in [1.82, 2.24) is 0 Å². The second kappa shape index (κ2) is 6.88. The first kappa shape index (κ1) is 15.9. The molecule has 0 bridgehead atoms. The maximum Gasteiger partial charge on any atom is 0.0983 e. The van der Waals surface area contributed by atoms with Gasteiger partial charge in [0.15, 0.2) is 0 Å². The summed E-state index contributed by atoms with van der Waals surface area (Å²) in [5.41, 5.74) is -0.0148. The third-order valence-corrected chi connectivity index (χ3v) is 3.78. The van der Waals surface area contributed by atoms with E-state index in [2.05, 4.69) is 20.8 Å². The van der Waals surface area contributed by atoms with Gasteiger partial charge in [-0.05, 0) is 25.2 Å². The summed E-state index contributed by atoms with van der Waals surface area (Å²) in [6, 6.07) is 0. The van der Waals surface area contributed by atoms with Gasteiger partial charge in [-0.3, -0.25) is 0 Å². The summed E-state index contributed by atoms with van der Waals surface area (Å²) in [4.78, 5) is 0.